The summed E-state index contributed by atoms with van der Waals surface area (Å²) in [6.45, 7) is 6.43. The third-order valence-corrected chi connectivity index (χ3v) is 11.9. The summed E-state index contributed by atoms with van der Waals surface area (Å²) >= 11 is 0. The SMILES string of the molecule is CC/C=C\C/C=C\C/C=C\C/C=C\C/C=C\C/C=C\CCC(=O)OC[C@H](COC(=O)CCCCCCC/C=C\CCCC)OC(=O)CCCCCCCCCCCCCCCCCCCCC. The molecular weight excluding hydrogens is 829 g/mol. The zero-order chi connectivity index (χ0) is 48.6. The number of hydrogen-bond acceptors (Lipinski definition) is 6. The van der Waals surface area contributed by atoms with Crippen molar-refractivity contribution in [3.05, 3.63) is 85.1 Å². The van der Waals surface area contributed by atoms with Gasteiger partial charge >= 0.3 is 17.9 Å². The van der Waals surface area contributed by atoms with Crippen LogP contribution in [0.5, 0.6) is 0 Å². The maximum atomic E-state index is 12.8. The fourth-order valence-corrected chi connectivity index (χ4v) is 7.69. The summed E-state index contributed by atoms with van der Waals surface area (Å²) in [5, 5.41) is 0. The van der Waals surface area contributed by atoms with Gasteiger partial charge in [0.15, 0.2) is 6.10 Å². The van der Waals surface area contributed by atoms with Crippen LogP contribution in [-0.4, -0.2) is 37.2 Å². The van der Waals surface area contributed by atoms with E-state index in [9.17, 15) is 14.4 Å². The van der Waals surface area contributed by atoms with Crippen LogP contribution in [0.4, 0.5) is 0 Å². The van der Waals surface area contributed by atoms with Gasteiger partial charge in [-0.25, -0.2) is 0 Å². The highest BCUT2D eigenvalue weighted by atomic mass is 16.6. The van der Waals surface area contributed by atoms with E-state index in [1.54, 1.807) is 0 Å². The van der Waals surface area contributed by atoms with Crippen LogP contribution in [0.15, 0.2) is 85.1 Å². The van der Waals surface area contributed by atoms with E-state index in [-0.39, 0.29) is 37.5 Å². The predicted octanol–water partition coefficient (Wildman–Crippen LogP) is 18.8. The van der Waals surface area contributed by atoms with Gasteiger partial charge in [-0.2, -0.15) is 0 Å². The molecule has 0 N–H and O–H groups in total. The van der Waals surface area contributed by atoms with Crippen LogP contribution in [0.2, 0.25) is 0 Å². The Morgan fingerprint density at radius 1 is 0.313 bits per heavy atom. The van der Waals surface area contributed by atoms with Crippen LogP contribution in [0.1, 0.15) is 265 Å². The summed E-state index contributed by atoms with van der Waals surface area (Å²) in [5.41, 5.74) is 0. The van der Waals surface area contributed by atoms with Crippen molar-refractivity contribution < 1.29 is 28.6 Å². The van der Waals surface area contributed by atoms with Crippen LogP contribution in [-0.2, 0) is 28.6 Å². The highest BCUT2D eigenvalue weighted by molar-refractivity contribution is 5.71. The normalized spacial score (nSPS) is 12.7. The highest BCUT2D eigenvalue weighted by Gasteiger charge is 2.19. The number of esters is 3. The smallest absolute Gasteiger partial charge is 0.306 e. The summed E-state index contributed by atoms with van der Waals surface area (Å²) in [5.74, 6) is -0.993. The number of hydrogen-bond donors (Lipinski definition) is 0. The van der Waals surface area contributed by atoms with E-state index in [1.165, 1.54) is 128 Å². The lowest BCUT2D eigenvalue weighted by atomic mass is 10.0. The summed E-state index contributed by atoms with van der Waals surface area (Å²) in [7, 11) is 0. The molecule has 0 aromatic rings. The van der Waals surface area contributed by atoms with Gasteiger partial charge in [-0.05, 0) is 77.0 Å². The van der Waals surface area contributed by atoms with E-state index in [0.717, 1.165) is 89.9 Å². The van der Waals surface area contributed by atoms with Crippen LogP contribution in [0, 0.1) is 0 Å². The molecule has 0 radical (unpaired) electrons. The predicted molar refractivity (Wildman–Crippen MR) is 288 cm³/mol. The van der Waals surface area contributed by atoms with E-state index in [4.69, 9.17) is 14.2 Å². The molecule has 0 rings (SSSR count). The second-order valence-corrected chi connectivity index (χ2v) is 18.5. The molecule has 0 saturated heterocycles. The average molecular weight is 933 g/mol. The molecule has 0 fully saturated rings. The molecule has 0 aromatic heterocycles. The van der Waals surface area contributed by atoms with E-state index in [2.05, 4.69) is 99.8 Å². The van der Waals surface area contributed by atoms with Gasteiger partial charge in [0.25, 0.3) is 0 Å². The summed E-state index contributed by atoms with van der Waals surface area (Å²) < 4.78 is 16.8. The van der Waals surface area contributed by atoms with Crippen molar-refractivity contribution in [3.8, 4) is 0 Å². The van der Waals surface area contributed by atoms with Gasteiger partial charge in [-0.15, -0.1) is 0 Å². The first kappa shape index (κ1) is 63.6. The molecule has 0 aromatic carbocycles. The van der Waals surface area contributed by atoms with Crippen LogP contribution < -0.4 is 0 Å². The van der Waals surface area contributed by atoms with Crippen LogP contribution >= 0.6 is 0 Å². The standard InChI is InChI=1S/C61H104O6/c1-4-7-10-13-16-19-22-24-26-28-30-32-34-36-39-42-45-48-51-54-60(63)66-57-58(56-65-59(62)53-50-47-44-41-38-21-18-15-12-9-6-3)67-61(64)55-52-49-46-43-40-37-35-33-31-29-27-25-23-20-17-14-11-8-5-2/h7,10,15-16,18-19,24,26,30,32,36,39,45,48,58H,4-6,8-9,11-14,17,20-23,25,27-29,31,33-35,37-38,40-44,46-47,49-57H2,1-3H3/b10-7-,18-15-,19-16-,26-24-,32-30-,39-36-,48-45-/t58-/m0/s1. The molecule has 384 valence electrons. The minimum atomic E-state index is -0.808. The maximum Gasteiger partial charge on any atom is 0.306 e. The zero-order valence-electron chi connectivity index (χ0n) is 43.9. The van der Waals surface area contributed by atoms with Crippen molar-refractivity contribution in [2.45, 2.75) is 271 Å². The quantitative estimate of drug-likeness (QED) is 0.0262. The maximum absolute atomic E-state index is 12.8. The molecular formula is C61H104O6. The van der Waals surface area contributed by atoms with Crippen LogP contribution in [0.3, 0.4) is 0 Å². The number of allylic oxidation sites excluding steroid dienone is 14. The molecule has 6 nitrogen and oxygen atoms in total. The number of ether oxygens (including phenoxy) is 3. The van der Waals surface area contributed by atoms with E-state index in [0.29, 0.717) is 19.3 Å². The van der Waals surface area contributed by atoms with Crippen molar-refractivity contribution in [1.82, 2.24) is 0 Å². The topological polar surface area (TPSA) is 78.9 Å². The zero-order valence-corrected chi connectivity index (χ0v) is 43.9. The van der Waals surface area contributed by atoms with Gasteiger partial charge in [0.1, 0.15) is 13.2 Å². The minimum absolute atomic E-state index is 0.103. The summed E-state index contributed by atoms with van der Waals surface area (Å²) in [6.07, 6.45) is 71.6. The number of unbranched alkanes of at least 4 members (excludes halogenated alkanes) is 25. The molecule has 0 aliphatic carbocycles. The molecule has 0 saturated carbocycles. The summed E-state index contributed by atoms with van der Waals surface area (Å²) in [4.78, 5) is 38.0. The molecule has 1 atom stereocenters. The molecule has 0 spiro atoms. The van der Waals surface area contributed by atoms with Gasteiger partial charge in [0.2, 0.25) is 0 Å². The van der Waals surface area contributed by atoms with Crippen LogP contribution in [0.25, 0.3) is 0 Å². The molecule has 0 amide bonds. The van der Waals surface area contributed by atoms with Gasteiger partial charge < -0.3 is 14.2 Å². The summed E-state index contributed by atoms with van der Waals surface area (Å²) in [6, 6.07) is 0. The van der Waals surface area contributed by atoms with Crippen molar-refractivity contribution >= 4 is 17.9 Å². The van der Waals surface area contributed by atoms with Gasteiger partial charge in [-0.1, -0.05) is 254 Å². The number of rotatable bonds is 50. The third kappa shape index (κ3) is 53.4. The lowest BCUT2D eigenvalue weighted by Gasteiger charge is -2.18. The van der Waals surface area contributed by atoms with Crippen molar-refractivity contribution in [2.24, 2.45) is 0 Å². The second-order valence-electron chi connectivity index (χ2n) is 18.5. The molecule has 0 aliphatic rings. The monoisotopic (exact) mass is 933 g/mol. The Hall–Kier alpha value is -3.41. The highest BCUT2D eigenvalue weighted by Crippen LogP contribution is 2.16. The first-order chi connectivity index (χ1) is 33.0. The van der Waals surface area contributed by atoms with Gasteiger partial charge in [0, 0.05) is 19.3 Å². The Morgan fingerprint density at radius 3 is 1.04 bits per heavy atom. The third-order valence-electron chi connectivity index (χ3n) is 11.9. The lowest BCUT2D eigenvalue weighted by Crippen LogP contribution is -2.30. The minimum Gasteiger partial charge on any atom is -0.462 e. The second kappa shape index (κ2) is 55.2. The first-order valence-corrected chi connectivity index (χ1v) is 28.1. The number of carbonyl (C=O) groups excluding carboxylic acids is 3. The van der Waals surface area contributed by atoms with Crippen molar-refractivity contribution in [3.63, 3.8) is 0 Å². The van der Waals surface area contributed by atoms with Crippen molar-refractivity contribution in [2.75, 3.05) is 13.2 Å². The van der Waals surface area contributed by atoms with Gasteiger partial charge in [0.05, 0.1) is 0 Å². The van der Waals surface area contributed by atoms with E-state index < -0.39 is 6.10 Å². The molecule has 0 unspecified atom stereocenters. The van der Waals surface area contributed by atoms with Gasteiger partial charge in [-0.3, -0.25) is 14.4 Å². The molecule has 0 aliphatic heterocycles. The molecule has 0 bridgehead atoms. The molecule has 6 heteroatoms. The van der Waals surface area contributed by atoms with Crippen molar-refractivity contribution in [1.29, 1.82) is 0 Å². The Kier molecular flexibility index (Phi) is 52.4. The lowest BCUT2D eigenvalue weighted by molar-refractivity contribution is -0.166. The number of carbonyl (C=O) groups is 3. The Morgan fingerprint density at radius 2 is 0.627 bits per heavy atom. The molecule has 0 heterocycles. The van der Waals surface area contributed by atoms with E-state index >= 15 is 0 Å². The fourth-order valence-electron chi connectivity index (χ4n) is 7.69. The largest absolute Gasteiger partial charge is 0.462 e. The average Bonchev–Trinajstić information content (AvgIpc) is 3.33. The fraction of sp³-hybridized carbons (Fsp3) is 0.721. The van der Waals surface area contributed by atoms with E-state index in [1.807, 2.05) is 6.08 Å². The molecule has 67 heavy (non-hydrogen) atoms. The Labute approximate surface area is 414 Å². The first-order valence-electron chi connectivity index (χ1n) is 28.1. The Balaban J connectivity index is 4.43. The Bertz CT molecular complexity index is 1300.